The molecule has 0 aliphatic carbocycles. The lowest BCUT2D eigenvalue weighted by Gasteiger charge is -2.08. The average Bonchev–Trinajstić information content (AvgIpc) is 2.11. The highest BCUT2D eigenvalue weighted by Gasteiger charge is 2.16. The van der Waals surface area contributed by atoms with E-state index in [1.165, 1.54) is 0 Å². The summed E-state index contributed by atoms with van der Waals surface area (Å²) >= 11 is 0. The molecule has 0 bridgehead atoms. The van der Waals surface area contributed by atoms with Gasteiger partial charge >= 0.3 is 17.1 Å². The van der Waals surface area contributed by atoms with E-state index in [4.69, 9.17) is 15.5 Å². The Kier molecular flexibility index (Phi) is 2.18. The van der Waals surface area contributed by atoms with Crippen LogP contribution in [0.1, 0.15) is 13.2 Å². The van der Waals surface area contributed by atoms with Crippen molar-refractivity contribution < 1.29 is 15.5 Å². The van der Waals surface area contributed by atoms with E-state index in [0.29, 0.717) is 0 Å². The second-order valence-corrected chi connectivity index (χ2v) is 2.47. The summed E-state index contributed by atoms with van der Waals surface area (Å²) in [5.41, 5.74) is -4.46. The summed E-state index contributed by atoms with van der Waals surface area (Å²) < 4.78 is -0.885. The van der Waals surface area contributed by atoms with Crippen LogP contribution < -0.4 is 17.1 Å². The first-order valence-electron chi connectivity index (χ1n) is 3.45. The summed E-state index contributed by atoms with van der Waals surface area (Å²) in [4.78, 5) is 32.7. The van der Waals surface area contributed by atoms with Gasteiger partial charge in [-0.15, -0.1) is 0 Å². The first kappa shape index (κ1) is 10.1. The number of aliphatic hydroxyl groups excluding tert-OH is 1. The summed E-state index contributed by atoms with van der Waals surface area (Å²) in [6.07, 6.45) is -1.58. The number of hydrogen-bond donors (Lipinski definition) is 3. The Morgan fingerprint density at radius 3 is 1.64 bits per heavy atom. The van der Waals surface area contributed by atoms with Crippen molar-refractivity contribution in [2.45, 2.75) is 13.2 Å². The van der Waals surface area contributed by atoms with Crippen LogP contribution in [0.25, 0.3) is 0 Å². The molecular weight excluding hydrogens is 198 g/mol. The van der Waals surface area contributed by atoms with Crippen molar-refractivity contribution in [2.75, 3.05) is 0 Å². The second-order valence-electron chi connectivity index (χ2n) is 2.47. The van der Waals surface area contributed by atoms with Gasteiger partial charge in [0.1, 0.15) is 6.23 Å². The lowest BCUT2D eigenvalue weighted by molar-refractivity contribution is 0.0438. The second kappa shape index (κ2) is 3.03. The smallest absolute Gasteiger partial charge is 0.403 e. The molecule has 0 fully saturated rings. The number of aliphatic hydroxyl groups is 1. The molecule has 1 aromatic rings. The number of aromatic nitrogens is 3. The van der Waals surface area contributed by atoms with E-state index in [9.17, 15) is 14.4 Å². The average molecular weight is 205 g/mol. The zero-order valence-corrected chi connectivity index (χ0v) is 6.99. The maximum Gasteiger partial charge on any atom is 0.403 e. The van der Waals surface area contributed by atoms with Gasteiger partial charge in [-0.3, -0.25) is 0 Å². The molecule has 1 unspecified atom stereocenters. The van der Waals surface area contributed by atoms with Crippen LogP contribution in [0.2, 0.25) is 0 Å². The standard InChI is InChI=1S/C5H7N3O6/c1-2(9)6-3(10)7(13)5(12)8(14)4(6)11/h2,9,13-14H,1H3. The molecule has 0 radical (unpaired) electrons. The SMILES string of the molecule is CC(O)n1c(=O)n(O)c(=O)n(O)c1=O. The third kappa shape index (κ3) is 1.19. The van der Waals surface area contributed by atoms with Gasteiger partial charge in [0, 0.05) is 0 Å². The predicted molar refractivity (Wildman–Crippen MR) is 40.5 cm³/mol. The highest BCUT2D eigenvalue weighted by atomic mass is 16.5. The van der Waals surface area contributed by atoms with Crippen molar-refractivity contribution in [1.82, 2.24) is 14.0 Å². The number of hydrogen-bond acceptors (Lipinski definition) is 6. The lowest BCUT2D eigenvalue weighted by atomic mass is 10.6. The zero-order valence-electron chi connectivity index (χ0n) is 6.99. The van der Waals surface area contributed by atoms with E-state index < -0.39 is 32.8 Å². The van der Waals surface area contributed by atoms with Crippen LogP contribution in [0.5, 0.6) is 0 Å². The molecule has 0 aromatic carbocycles. The lowest BCUT2D eigenvalue weighted by Crippen LogP contribution is -2.54. The van der Waals surface area contributed by atoms with Gasteiger partial charge in [-0.2, -0.15) is 0 Å². The molecule has 0 aliphatic rings. The molecule has 0 saturated carbocycles. The Morgan fingerprint density at radius 2 is 1.36 bits per heavy atom. The summed E-state index contributed by atoms with van der Waals surface area (Å²) in [5.74, 6) is 0. The van der Waals surface area contributed by atoms with Crippen LogP contribution in [-0.4, -0.2) is 29.5 Å². The van der Waals surface area contributed by atoms with Crippen molar-refractivity contribution in [3.8, 4) is 0 Å². The van der Waals surface area contributed by atoms with Gasteiger partial charge in [-0.25, -0.2) is 19.0 Å². The molecule has 0 saturated heterocycles. The Hall–Kier alpha value is -2.03. The van der Waals surface area contributed by atoms with E-state index in [-0.39, 0.29) is 4.57 Å². The Balaban J connectivity index is 3.89. The van der Waals surface area contributed by atoms with Crippen molar-refractivity contribution in [3.05, 3.63) is 31.5 Å². The third-order valence-corrected chi connectivity index (χ3v) is 1.51. The van der Waals surface area contributed by atoms with Crippen LogP contribution in [0.15, 0.2) is 14.4 Å². The minimum Gasteiger partial charge on any atom is -0.420 e. The summed E-state index contributed by atoms with van der Waals surface area (Å²) in [7, 11) is 0. The van der Waals surface area contributed by atoms with Crippen molar-refractivity contribution >= 4 is 0 Å². The fourth-order valence-electron chi connectivity index (χ4n) is 0.859. The molecule has 9 nitrogen and oxygen atoms in total. The monoisotopic (exact) mass is 205 g/mol. The molecule has 1 aromatic heterocycles. The van der Waals surface area contributed by atoms with Gasteiger partial charge in [0.2, 0.25) is 0 Å². The normalized spacial score (nSPS) is 12.7. The van der Waals surface area contributed by atoms with Crippen molar-refractivity contribution in [2.24, 2.45) is 0 Å². The van der Waals surface area contributed by atoms with Crippen LogP contribution >= 0.6 is 0 Å². The van der Waals surface area contributed by atoms with Crippen LogP contribution in [0.4, 0.5) is 0 Å². The van der Waals surface area contributed by atoms with Crippen LogP contribution in [0.3, 0.4) is 0 Å². The molecule has 0 spiro atoms. The molecular formula is C5H7N3O6. The maximum absolute atomic E-state index is 11.0. The highest BCUT2D eigenvalue weighted by Crippen LogP contribution is 1.86. The van der Waals surface area contributed by atoms with E-state index >= 15 is 0 Å². The molecule has 1 rings (SSSR count). The molecule has 9 heteroatoms. The quantitative estimate of drug-likeness (QED) is 0.424. The van der Waals surface area contributed by atoms with Crippen LogP contribution in [-0.2, 0) is 0 Å². The number of rotatable bonds is 1. The van der Waals surface area contributed by atoms with Crippen molar-refractivity contribution in [3.63, 3.8) is 0 Å². The third-order valence-electron chi connectivity index (χ3n) is 1.51. The first-order valence-corrected chi connectivity index (χ1v) is 3.45. The van der Waals surface area contributed by atoms with E-state index in [1.807, 2.05) is 0 Å². The fourth-order valence-corrected chi connectivity index (χ4v) is 0.859. The molecule has 1 heterocycles. The van der Waals surface area contributed by atoms with E-state index in [2.05, 4.69) is 0 Å². The van der Waals surface area contributed by atoms with E-state index in [0.717, 1.165) is 6.92 Å². The minimum absolute atomic E-state index is 0.0986. The van der Waals surface area contributed by atoms with Gasteiger partial charge in [-0.05, 0) is 6.92 Å². The van der Waals surface area contributed by atoms with Gasteiger partial charge in [0.25, 0.3) is 0 Å². The molecule has 3 N–H and O–H groups in total. The molecule has 0 aliphatic heterocycles. The molecule has 1 atom stereocenters. The van der Waals surface area contributed by atoms with Gasteiger partial charge in [0.05, 0.1) is 0 Å². The Bertz CT molecular complexity index is 479. The first-order chi connectivity index (χ1) is 6.37. The highest BCUT2D eigenvalue weighted by molar-refractivity contribution is 4.73. The number of nitrogens with zero attached hydrogens (tertiary/aromatic N) is 3. The van der Waals surface area contributed by atoms with Crippen molar-refractivity contribution in [1.29, 1.82) is 0 Å². The zero-order chi connectivity index (χ0) is 11.0. The summed E-state index contributed by atoms with van der Waals surface area (Å²) in [6, 6.07) is 0. The van der Waals surface area contributed by atoms with Crippen LogP contribution in [0, 0.1) is 0 Å². The summed E-state index contributed by atoms with van der Waals surface area (Å²) in [5, 5.41) is 26.5. The maximum atomic E-state index is 11.0. The van der Waals surface area contributed by atoms with Gasteiger partial charge < -0.3 is 15.5 Å². The Labute approximate surface area is 75.2 Å². The molecule has 0 amide bonds. The topological polar surface area (TPSA) is 127 Å². The fraction of sp³-hybridized carbons (Fsp3) is 0.400. The minimum atomic E-state index is -1.60. The Morgan fingerprint density at radius 1 is 1.00 bits per heavy atom. The summed E-state index contributed by atoms with van der Waals surface area (Å²) in [6.45, 7) is 1.05. The predicted octanol–water partition coefficient (Wildman–Crippen LogP) is -2.84. The molecule has 78 valence electrons. The van der Waals surface area contributed by atoms with Gasteiger partial charge in [-0.1, -0.05) is 9.46 Å². The molecule has 14 heavy (non-hydrogen) atoms. The largest absolute Gasteiger partial charge is 0.420 e. The van der Waals surface area contributed by atoms with Gasteiger partial charge in [0.15, 0.2) is 0 Å². The van der Waals surface area contributed by atoms with E-state index in [1.54, 1.807) is 0 Å².